The molecule has 96 valence electrons. The van der Waals surface area contributed by atoms with Gasteiger partial charge in [-0.25, -0.2) is 0 Å². The molecule has 1 rings (SSSR count). The Morgan fingerprint density at radius 2 is 2.12 bits per heavy atom. The van der Waals surface area contributed by atoms with Gasteiger partial charge in [0.1, 0.15) is 6.10 Å². The van der Waals surface area contributed by atoms with E-state index in [0.29, 0.717) is 13.2 Å². The molecule has 0 aromatic carbocycles. The highest BCUT2D eigenvalue weighted by Crippen LogP contribution is 2.22. The van der Waals surface area contributed by atoms with Gasteiger partial charge in [-0.15, -0.1) is 0 Å². The molecule has 1 saturated heterocycles. The summed E-state index contributed by atoms with van der Waals surface area (Å²) in [5.41, 5.74) is 0. The van der Waals surface area contributed by atoms with Crippen LogP contribution in [0, 0.1) is 0 Å². The largest absolute Gasteiger partial charge is 0.394 e. The van der Waals surface area contributed by atoms with Crippen molar-refractivity contribution in [3.05, 3.63) is 0 Å². The summed E-state index contributed by atoms with van der Waals surface area (Å²) < 4.78 is 21.2. The normalized spacial score (nSPS) is 25.9. The summed E-state index contributed by atoms with van der Waals surface area (Å²) >= 11 is 0. The molecule has 2 N–H and O–H groups in total. The summed E-state index contributed by atoms with van der Waals surface area (Å²) in [6.07, 6.45) is -0.874. The smallest absolute Gasteiger partial charge is 0.180 e. The first-order chi connectivity index (χ1) is 7.57. The van der Waals surface area contributed by atoms with Crippen LogP contribution in [0.1, 0.15) is 13.8 Å². The average molecular weight is 236 g/mol. The molecule has 2 atom stereocenters. The molecule has 6 nitrogen and oxygen atoms in total. The van der Waals surface area contributed by atoms with Crippen molar-refractivity contribution in [2.24, 2.45) is 0 Å². The van der Waals surface area contributed by atoms with Gasteiger partial charge in [-0.1, -0.05) is 0 Å². The van der Waals surface area contributed by atoms with Crippen LogP contribution in [0.2, 0.25) is 0 Å². The third-order valence-corrected chi connectivity index (χ3v) is 2.08. The molecule has 1 aliphatic rings. The standard InChI is InChI=1S/C10H20O6/c1-10(2)15-7-8(16-10)6-14-9(5-12)13-4-3-11/h8-9,11-12H,3-7H2,1-2H3. The van der Waals surface area contributed by atoms with Gasteiger partial charge in [0.15, 0.2) is 12.1 Å². The van der Waals surface area contributed by atoms with Gasteiger partial charge in [0.25, 0.3) is 0 Å². The molecule has 0 saturated carbocycles. The maximum Gasteiger partial charge on any atom is 0.180 e. The molecule has 0 spiro atoms. The van der Waals surface area contributed by atoms with Crippen LogP contribution < -0.4 is 0 Å². The lowest BCUT2D eigenvalue weighted by Gasteiger charge is -2.19. The Labute approximate surface area is 95.1 Å². The van der Waals surface area contributed by atoms with Gasteiger partial charge in [-0.2, -0.15) is 0 Å². The molecule has 0 aliphatic carbocycles. The molecule has 0 aromatic rings. The van der Waals surface area contributed by atoms with Crippen molar-refractivity contribution >= 4 is 0 Å². The lowest BCUT2D eigenvalue weighted by atomic mass is 10.4. The van der Waals surface area contributed by atoms with Crippen LogP contribution in [-0.4, -0.2) is 61.4 Å². The first kappa shape index (κ1) is 13.8. The predicted molar refractivity (Wildman–Crippen MR) is 54.8 cm³/mol. The molecule has 2 unspecified atom stereocenters. The zero-order valence-electron chi connectivity index (χ0n) is 9.72. The van der Waals surface area contributed by atoms with Gasteiger partial charge in [0.2, 0.25) is 0 Å². The molecule has 1 aliphatic heterocycles. The van der Waals surface area contributed by atoms with E-state index in [4.69, 9.17) is 29.2 Å². The van der Waals surface area contributed by atoms with Gasteiger partial charge < -0.3 is 29.2 Å². The first-order valence-electron chi connectivity index (χ1n) is 5.34. The Bertz CT molecular complexity index is 196. The summed E-state index contributed by atoms with van der Waals surface area (Å²) in [6, 6.07) is 0. The Morgan fingerprint density at radius 3 is 2.62 bits per heavy atom. The lowest BCUT2D eigenvalue weighted by Crippen LogP contribution is -2.30. The summed E-state index contributed by atoms with van der Waals surface area (Å²) in [4.78, 5) is 0. The topological polar surface area (TPSA) is 77.4 Å². The molecular weight excluding hydrogens is 216 g/mol. The number of hydrogen-bond donors (Lipinski definition) is 2. The second-order valence-electron chi connectivity index (χ2n) is 3.99. The second-order valence-corrected chi connectivity index (χ2v) is 3.99. The summed E-state index contributed by atoms with van der Waals surface area (Å²) in [7, 11) is 0. The van der Waals surface area contributed by atoms with Crippen molar-refractivity contribution in [1.82, 2.24) is 0 Å². The molecule has 0 radical (unpaired) electrons. The first-order valence-corrected chi connectivity index (χ1v) is 5.34. The number of rotatable bonds is 7. The van der Waals surface area contributed by atoms with Gasteiger partial charge in [-0.05, 0) is 13.8 Å². The van der Waals surface area contributed by atoms with E-state index in [2.05, 4.69) is 0 Å². The summed E-state index contributed by atoms with van der Waals surface area (Å²) in [6.45, 7) is 4.20. The van der Waals surface area contributed by atoms with Crippen molar-refractivity contribution in [2.75, 3.05) is 33.0 Å². The van der Waals surface area contributed by atoms with Gasteiger partial charge >= 0.3 is 0 Å². The average Bonchev–Trinajstić information content (AvgIpc) is 2.59. The van der Waals surface area contributed by atoms with Gasteiger partial charge in [-0.3, -0.25) is 0 Å². The van der Waals surface area contributed by atoms with Crippen LogP contribution in [0.5, 0.6) is 0 Å². The summed E-state index contributed by atoms with van der Waals surface area (Å²) in [5.74, 6) is -0.575. The van der Waals surface area contributed by atoms with E-state index in [9.17, 15) is 0 Å². The molecule has 0 bridgehead atoms. The van der Waals surface area contributed by atoms with Gasteiger partial charge in [0, 0.05) is 0 Å². The van der Waals surface area contributed by atoms with E-state index in [1.807, 2.05) is 13.8 Å². The Morgan fingerprint density at radius 1 is 1.38 bits per heavy atom. The minimum Gasteiger partial charge on any atom is -0.394 e. The highest BCUT2D eigenvalue weighted by atomic mass is 16.8. The van der Waals surface area contributed by atoms with Crippen molar-refractivity contribution in [3.8, 4) is 0 Å². The number of hydrogen-bond acceptors (Lipinski definition) is 6. The van der Waals surface area contributed by atoms with E-state index in [0.717, 1.165) is 0 Å². The maximum atomic E-state index is 8.93. The monoisotopic (exact) mass is 236 g/mol. The highest BCUT2D eigenvalue weighted by molar-refractivity contribution is 4.70. The predicted octanol–water partition coefficient (Wildman–Crippen LogP) is -0.518. The van der Waals surface area contributed by atoms with Crippen molar-refractivity contribution in [3.63, 3.8) is 0 Å². The third-order valence-electron chi connectivity index (χ3n) is 2.08. The molecule has 1 fully saturated rings. The zero-order valence-corrected chi connectivity index (χ0v) is 9.72. The zero-order chi connectivity index (χ0) is 12.0. The highest BCUT2D eigenvalue weighted by Gasteiger charge is 2.33. The van der Waals surface area contributed by atoms with Crippen LogP contribution in [0.4, 0.5) is 0 Å². The Hall–Kier alpha value is -0.240. The number of aliphatic hydroxyl groups is 2. The molecule has 1 heterocycles. The molecule has 0 amide bonds. The second kappa shape index (κ2) is 6.48. The van der Waals surface area contributed by atoms with Crippen LogP contribution in [-0.2, 0) is 18.9 Å². The van der Waals surface area contributed by atoms with E-state index in [-0.39, 0.29) is 25.9 Å². The van der Waals surface area contributed by atoms with E-state index < -0.39 is 12.1 Å². The minimum atomic E-state index is -0.723. The fourth-order valence-corrected chi connectivity index (χ4v) is 1.40. The Kier molecular flexibility index (Phi) is 5.60. The molecule has 0 aromatic heterocycles. The molecule has 16 heavy (non-hydrogen) atoms. The van der Waals surface area contributed by atoms with E-state index >= 15 is 0 Å². The van der Waals surface area contributed by atoms with Crippen LogP contribution in [0.15, 0.2) is 0 Å². The van der Waals surface area contributed by atoms with Crippen LogP contribution in [0.3, 0.4) is 0 Å². The van der Waals surface area contributed by atoms with Crippen molar-refractivity contribution in [1.29, 1.82) is 0 Å². The van der Waals surface area contributed by atoms with E-state index in [1.54, 1.807) is 0 Å². The van der Waals surface area contributed by atoms with Crippen molar-refractivity contribution < 1.29 is 29.2 Å². The van der Waals surface area contributed by atoms with Gasteiger partial charge in [0.05, 0.1) is 33.0 Å². The third kappa shape index (κ3) is 4.73. The minimum absolute atomic E-state index is 0.101. The quantitative estimate of drug-likeness (QED) is 0.579. The summed E-state index contributed by atoms with van der Waals surface area (Å²) in [5, 5.41) is 17.5. The van der Waals surface area contributed by atoms with Crippen LogP contribution >= 0.6 is 0 Å². The fourth-order valence-electron chi connectivity index (χ4n) is 1.40. The molecular formula is C10H20O6. The van der Waals surface area contributed by atoms with E-state index in [1.165, 1.54) is 0 Å². The Balaban J connectivity index is 2.17. The lowest BCUT2D eigenvalue weighted by molar-refractivity contribution is -0.191. The fraction of sp³-hybridized carbons (Fsp3) is 1.00. The molecule has 6 heteroatoms. The number of aliphatic hydroxyl groups excluding tert-OH is 2. The maximum absolute atomic E-state index is 8.93. The van der Waals surface area contributed by atoms with Crippen molar-refractivity contribution in [2.45, 2.75) is 32.0 Å². The SMILES string of the molecule is CC1(C)OCC(COC(CO)OCCO)O1. The van der Waals surface area contributed by atoms with Crippen LogP contribution in [0.25, 0.3) is 0 Å². The number of ether oxygens (including phenoxy) is 4.